The molecule has 0 saturated carbocycles. The summed E-state index contributed by atoms with van der Waals surface area (Å²) in [5.74, 6) is -0.345. The summed E-state index contributed by atoms with van der Waals surface area (Å²) in [6.07, 6.45) is 0. The Balaban J connectivity index is 2.26. The van der Waals surface area contributed by atoms with Crippen molar-refractivity contribution in [2.45, 2.75) is 13.8 Å². The maximum absolute atomic E-state index is 11.5. The van der Waals surface area contributed by atoms with Crippen LogP contribution in [0.25, 0.3) is 0 Å². The Morgan fingerprint density at radius 2 is 2.06 bits per heavy atom. The van der Waals surface area contributed by atoms with E-state index in [2.05, 4.69) is 10.3 Å². The first-order valence-corrected chi connectivity index (χ1v) is 6.32. The highest BCUT2D eigenvalue weighted by Gasteiger charge is 2.15. The van der Waals surface area contributed by atoms with Crippen LogP contribution in [0.3, 0.4) is 0 Å². The van der Waals surface area contributed by atoms with Gasteiger partial charge in [0.15, 0.2) is 5.13 Å². The highest BCUT2D eigenvalue weighted by atomic mass is 32.1. The maximum atomic E-state index is 11.5. The smallest absolute Gasteiger partial charge is 0.350 e. The largest absolute Gasteiger partial charge is 0.465 e. The third kappa shape index (κ3) is 2.51. The number of benzene rings is 1. The zero-order chi connectivity index (χ0) is 13.1. The van der Waals surface area contributed by atoms with Gasteiger partial charge in [0.2, 0.25) is 0 Å². The van der Waals surface area contributed by atoms with Crippen molar-refractivity contribution in [3.8, 4) is 0 Å². The number of thiazole rings is 1. The summed E-state index contributed by atoms with van der Waals surface area (Å²) in [5, 5.41) is 3.91. The molecule has 4 nitrogen and oxygen atoms in total. The van der Waals surface area contributed by atoms with Crippen LogP contribution in [-0.2, 0) is 4.74 Å². The number of carbonyl (C=O) groups excluding carboxylic acids is 1. The van der Waals surface area contributed by atoms with Crippen LogP contribution in [0.4, 0.5) is 10.8 Å². The van der Waals surface area contributed by atoms with Gasteiger partial charge in [-0.2, -0.15) is 0 Å². The molecule has 0 spiro atoms. The van der Waals surface area contributed by atoms with E-state index in [1.54, 1.807) is 6.92 Å². The first-order chi connectivity index (χ1) is 8.61. The fourth-order valence-electron chi connectivity index (χ4n) is 1.56. The predicted octanol–water partition coefficient (Wildman–Crippen LogP) is 3.29. The zero-order valence-corrected chi connectivity index (χ0v) is 11.3. The van der Waals surface area contributed by atoms with Gasteiger partial charge < -0.3 is 10.1 Å². The molecule has 0 amide bonds. The van der Waals surface area contributed by atoms with Gasteiger partial charge in [-0.15, -0.1) is 0 Å². The molecule has 0 saturated heterocycles. The van der Waals surface area contributed by atoms with Gasteiger partial charge in [-0.05, 0) is 25.5 Å². The number of para-hydroxylation sites is 1. The highest BCUT2D eigenvalue weighted by molar-refractivity contribution is 7.17. The summed E-state index contributed by atoms with van der Waals surface area (Å²) in [6, 6.07) is 7.93. The van der Waals surface area contributed by atoms with E-state index < -0.39 is 0 Å². The predicted molar refractivity (Wildman–Crippen MR) is 72.7 cm³/mol. The fourth-order valence-corrected chi connectivity index (χ4v) is 2.46. The molecule has 0 unspecified atom stereocenters. The molecule has 0 bridgehead atoms. The highest BCUT2D eigenvalue weighted by Crippen LogP contribution is 2.27. The second kappa shape index (κ2) is 5.18. The molecule has 0 aliphatic rings. The molecule has 18 heavy (non-hydrogen) atoms. The monoisotopic (exact) mass is 262 g/mol. The SMILES string of the molecule is COC(=O)c1sc(Nc2ccccc2C)nc1C. The van der Waals surface area contributed by atoms with Crippen molar-refractivity contribution in [1.82, 2.24) is 4.98 Å². The number of esters is 1. The maximum Gasteiger partial charge on any atom is 0.350 e. The topological polar surface area (TPSA) is 51.2 Å². The summed E-state index contributed by atoms with van der Waals surface area (Å²) < 4.78 is 4.71. The third-order valence-corrected chi connectivity index (χ3v) is 3.61. The van der Waals surface area contributed by atoms with Gasteiger partial charge in [0.1, 0.15) is 4.88 Å². The Labute approximate surface area is 110 Å². The molecular weight excluding hydrogens is 248 g/mol. The Bertz CT molecular complexity index is 578. The van der Waals surface area contributed by atoms with E-state index in [4.69, 9.17) is 4.74 Å². The normalized spacial score (nSPS) is 10.2. The van der Waals surface area contributed by atoms with Gasteiger partial charge in [0.25, 0.3) is 0 Å². The van der Waals surface area contributed by atoms with Crippen LogP contribution in [-0.4, -0.2) is 18.1 Å². The summed E-state index contributed by atoms with van der Waals surface area (Å²) in [5.41, 5.74) is 2.80. The van der Waals surface area contributed by atoms with Gasteiger partial charge >= 0.3 is 5.97 Å². The van der Waals surface area contributed by atoms with Crippen molar-refractivity contribution in [2.24, 2.45) is 0 Å². The van der Waals surface area contributed by atoms with Crippen LogP contribution in [0.1, 0.15) is 20.9 Å². The number of aromatic nitrogens is 1. The fraction of sp³-hybridized carbons (Fsp3) is 0.231. The summed E-state index contributed by atoms with van der Waals surface area (Å²) in [4.78, 5) is 16.3. The second-order valence-corrected chi connectivity index (χ2v) is 4.86. The summed E-state index contributed by atoms with van der Waals surface area (Å²) in [7, 11) is 1.37. The van der Waals surface area contributed by atoms with E-state index in [1.807, 2.05) is 31.2 Å². The third-order valence-electron chi connectivity index (χ3n) is 2.55. The van der Waals surface area contributed by atoms with E-state index in [0.717, 1.165) is 11.3 Å². The Kier molecular flexibility index (Phi) is 3.62. The molecule has 2 rings (SSSR count). The van der Waals surface area contributed by atoms with E-state index in [-0.39, 0.29) is 5.97 Å². The molecule has 0 fully saturated rings. The number of nitrogens with zero attached hydrogens (tertiary/aromatic N) is 1. The van der Waals surface area contributed by atoms with E-state index in [9.17, 15) is 4.79 Å². The molecule has 0 aliphatic heterocycles. The van der Waals surface area contributed by atoms with E-state index >= 15 is 0 Å². The van der Waals surface area contributed by atoms with Crippen molar-refractivity contribution in [3.63, 3.8) is 0 Å². The van der Waals surface area contributed by atoms with E-state index in [0.29, 0.717) is 15.7 Å². The number of hydrogen-bond donors (Lipinski definition) is 1. The molecular formula is C13H14N2O2S. The Morgan fingerprint density at radius 3 is 2.72 bits per heavy atom. The van der Waals surface area contributed by atoms with Gasteiger partial charge in [0, 0.05) is 5.69 Å². The molecule has 1 N–H and O–H groups in total. The number of rotatable bonds is 3. The molecule has 0 atom stereocenters. The summed E-state index contributed by atoms with van der Waals surface area (Å²) in [6.45, 7) is 3.82. The lowest BCUT2D eigenvalue weighted by atomic mass is 10.2. The van der Waals surface area contributed by atoms with Crippen molar-refractivity contribution in [2.75, 3.05) is 12.4 Å². The molecule has 1 aromatic carbocycles. The number of ether oxygens (including phenoxy) is 1. The van der Waals surface area contributed by atoms with Gasteiger partial charge in [-0.3, -0.25) is 0 Å². The molecule has 5 heteroatoms. The first kappa shape index (κ1) is 12.6. The van der Waals surface area contributed by atoms with Crippen LogP contribution in [0, 0.1) is 13.8 Å². The first-order valence-electron chi connectivity index (χ1n) is 5.50. The summed E-state index contributed by atoms with van der Waals surface area (Å²) >= 11 is 1.30. The standard InChI is InChI=1S/C13H14N2O2S/c1-8-6-4-5-7-10(8)15-13-14-9(2)11(18-13)12(16)17-3/h4-7H,1-3H3,(H,14,15). The average Bonchev–Trinajstić information content (AvgIpc) is 2.72. The van der Waals surface area contributed by atoms with Gasteiger partial charge in [-0.25, -0.2) is 9.78 Å². The second-order valence-electron chi connectivity index (χ2n) is 3.87. The lowest BCUT2D eigenvalue weighted by Gasteiger charge is -2.05. The van der Waals surface area contributed by atoms with Crippen molar-refractivity contribution >= 4 is 28.1 Å². The Morgan fingerprint density at radius 1 is 1.33 bits per heavy atom. The van der Waals surface area contributed by atoms with Crippen molar-refractivity contribution < 1.29 is 9.53 Å². The number of methoxy groups -OCH3 is 1. The number of carbonyl (C=O) groups is 1. The van der Waals surface area contributed by atoms with Gasteiger partial charge in [-0.1, -0.05) is 29.5 Å². The van der Waals surface area contributed by atoms with Crippen LogP contribution in [0.5, 0.6) is 0 Å². The van der Waals surface area contributed by atoms with E-state index in [1.165, 1.54) is 18.4 Å². The number of aryl methyl sites for hydroxylation is 2. The minimum atomic E-state index is -0.345. The lowest BCUT2D eigenvalue weighted by Crippen LogP contribution is -1.99. The van der Waals surface area contributed by atoms with Gasteiger partial charge in [0.05, 0.1) is 12.8 Å². The lowest BCUT2D eigenvalue weighted by molar-refractivity contribution is 0.0605. The minimum absolute atomic E-state index is 0.345. The number of hydrogen-bond acceptors (Lipinski definition) is 5. The van der Waals surface area contributed by atoms with Crippen LogP contribution < -0.4 is 5.32 Å². The molecule has 0 radical (unpaired) electrons. The molecule has 1 aromatic heterocycles. The Hall–Kier alpha value is -1.88. The van der Waals surface area contributed by atoms with Crippen LogP contribution in [0.2, 0.25) is 0 Å². The van der Waals surface area contributed by atoms with Crippen molar-refractivity contribution in [1.29, 1.82) is 0 Å². The van der Waals surface area contributed by atoms with Crippen molar-refractivity contribution in [3.05, 3.63) is 40.4 Å². The molecule has 94 valence electrons. The zero-order valence-electron chi connectivity index (χ0n) is 10.5. The molecule has 2 aromatic rings. The molecule has 1 heterocycles. The van der Waals surface area contributed by atoms with Crippen LogP contribution >= 0.6 is 11.3 Å². The van der Waals surface area contributed by atoms with Crippen LogP contribution in [0.15, 0.2) is 24.3 Å². The number of anilines is 2. The quantitative estimate of drug-likeness (QED) is 0.862. The minimum Gasteiger partial charge on any atom is -0.465 e. The molecule has 0 aliphatic carbocycles. The average molecular weight is 262 g/mol. The number of nitrogens with one attached hydrogen (secondary N) is 1.